The zero-order valence-electron chi connectivity index (χ0n) is 13.4. The van der Waals surface area contributed by atoms with Crippen molar-refractivity contribution in [1.82, 2.24) is 9.47 Å². The number of benzene rings is 1. The molecule has 0 saturated carbocycles. The average Bonchev–Trinajstić information content (AvgIpc) is 3.16. The molecule has 1 aliphatic heterocycles. The average molecular weight is 371 g/mol. The molecule has 0 bridgehead atoms. The second-order valence-corrected chi connectivity index (χ2v) is 6.84. The van der Waals surface area contributed by atoms with Gasteiger partial charge in [-0.25, -0.2) is 4.79 Å². The highest BCUT2D eigenvalue weighted by Gasteiger charge is 2.31. The summed E-state index contributed by atoms with van der Waals surface area (Å²) in [6.45, 7) is 3.29. The summed E-state index contributed by atoms with van der Waals surface area (Å²) in [6, 6.07) is 5.16. The smallest absolute Gasteiger partial charge is 0.406 e. The first-order valence-electron chi connectivity index (χ1n) is 7.71. The molecule has 2 heterocycles. The Kier molecular flexibility index (Phi) is 4.85. The van der Waals surface area contributed by atoms with Crippen LogP contribution < -0.4 is 9.54 Å². The highest BCUT2D eigenvalue weighted by atomic mass is 32.1. The molecular formula is C16H16F3N3O2S. The van der Waals surface area contributed by atoms with Gasteiger partial charge in [0.2, 0.25) is 0 Å². The summed E-state index contributed by atoms with van der Waals surface area (Å²) in [4.78, 5) is 19.5. The first kappa shape index (κ1) is 17.5. The van der Waals surface area contributed by atoms with E-state index in [-0.39, 0.29) is 11.8 Å². The van der Waals surface area contributed by atoms with Crippen LogP contribution in [0.1, 0.15) is 17.7 Å². The molecule has 0 atom stereocenters. The first-order valence-corrected chi connectivity index (χ1v) is 8.52. The summed E-state index contributed by atoms with van der Waals surface area (Å²) in [5.74, 6) is -0.296. The summed E-state index contributed by atoms with van der Waals surface area (Å²) >= 11 is 1.35. The van der Waals surface area contributed by atoms with Crippen molar-refractivity contribution in [2.24, 2.45) is 4.99 Å². The van der Waals surface area contributed by atoms with E-state index in [1.165, 1.54) is 35.6 Å². The van der Waals surface area contributed by atoms with Gasteiger partial charge in [-0.2, -0.15) is 4.99 Å². The maximum absolute atomic E-state index is 12.2. The van der Waals surface area contributed by atoms with E-state index < -0.39 is 6.36 Å². The molecule has 1 aromatic carbocycles. The van der Waals surface area contributed by atoms with E-state index in [9.17, 15) is 18.0 Å². The summed E-state index contributed by atoms with van der Waals surface area (Å²) in [5, 5.41) is 0. The van der Waals surface area contributed by atoms with Gasteiger partial charge in [-0.3, -0.25) is 4.57 Å². The Morgan fingerprint density at radius 3 is 2.44 bits per heavy atom. The third kappa shape index (κ3) is 4.41. The predicted molar refractivity (Wildman–Crippen MR) is 86.8 cm³/mol. The van der Waals surface area contributed by atoms with Crippen LogP contribution in [0, 0.1) is 6.92 Å². The van der Waals surface area contributed by atoms with Crippen molar-refractivity contribution in [3.05, 3.63) is 40.1 Å². The monoisotopic (exact) mass is 371 g/mol. The molecule has 2 amide bonds. The van der Waals surface area contributed by atoms with Gasteiger partial charge < -0.3 is 9.64 Å². The van der Waals surface area contributed by atoms with E-state index in [1.54, 1.807) is 15.7 Å². The second-order valence-electron chi connectivity index (χ2n) is 5.62. The number of aryl methyl sites for hydroxylation is 1. The second kappa shape index (κ2) is 6.91. The fourth-order valence-corrected chi connectivity index (χ4v) is 3.41. The lowest BCUT2D eigenvalue weighted by Crippen LogP contribution is -2.27. The van der Waals surface area contributed by atoms with Gasteiger partial charge in [0, 0.05) is 29.9 Å². The zero-order chi connectivity index (χ0) is 18.0. The lowest BCUT2D eigenvalue weighted by Gasteiger charge is -2.11. The number of nitrogens with zero attached hydrogens (tertiary/aromatic N) is 3. The van der Waals surface area contributed by atoms with E-state index in [0.29, 0.717) is 23.6 Å². The molecule has 0 N–H and O–H groups in total. The maximum atomic E-state index is 12.2. The maximum Gasteiger partial charge on any atom is 0.573 e. The number of halogens is 3. The van der Waals surface area contributed by atoms with Crippen LogP contribution in [0.4, 0.5) is 18.0 Å². The molecule has 1 aliphatic rings. The third-order valence-corrected chi connectivity index (χ3v) is 4.58. The van der Waals surface area contributed by atoms with Gasteiger partial charge in [0.05, 0.1) is 0 Å². The van der Waals surface area contributed by atoms with Crippen LogP contribution >= 0.6 is 11.3 Å². The fourth-order valence-electron chi connectivity index (χ4n) is 2.59. The highest BCUT2D eigenvalue weighted by molar-refractivity contribution is 7.09. The normalized spacial score (nSPS) is 15.7. The molecule has 2 aromatic rings. The molecule has 1 fully saturated rings. The number of likely N-dealkylation sites (tertiary alicyclic amines) is 1. The van der Waals surface area contributed by atoms with Crippen molar-refractivity contribution in [3.63, 3.8) is 0 Å². The van der Waals surface area contributed by atoms with Crippen LogP contribution in [0.3, 0.4) is 0 Å². The van der Waals surface area contributed by atoms with Crippen LogP contribution in [-0.2, 0) is 0 Å². The summed E-state index contributed by atoms with van der Waals surface area (Å²) < 4.78 is 42.3. The Hall–Kier alpha value is -2.29. The summed E-state index contributed by atoms with van der Waals surface area (Å²) in [6.07, 6.45) is -0.979. The Bertz CT molecular complexity index is 818. The topological polar surface area (TPSA) is 46.8 Å². The van der Waals surface area contributed by atoms with E-state index >= 15 is 0 Å². The number of rotatable bonds is 2. The number of alkyl halides is 3. The number of thiazole rings is 1. The number of hydrogen-bond donors (Lipinski definition) is 0. The van der Waals surface area contributed by atoms with Crippen molar-refractivity contribution in [3.8, 4) is 11.4 Å². The number of carbonyl (C=O) groups is 1. The van der Waals surface area contributed by atoms with Gasteiger partial charge in [0.1, 0.15) is 5.75 Å². The molecule has 25 heavy (non-hydrogen) atoms. The number of hydrogen-bond acceptors (Lipinski definition) is 3. The molecule has 0 unspecified atom stereocenters. The molecule has 1 aromatic heterocycles. The van der Waals surface area contributed by atoms with Crippen molar-refractivity contribution in [2.75, 3.05) is 13.1 Å². The minimum atomic E-state index is -4.73. The predicted octanol–water partition coefficient (Wildman–Crippen LogP) is 3.86. The van der Waals surface area contributed by atoms with Gasteiger partial charge in [0.15, 0.2) is 4.80 Å². The van der Waals surface area contributed by atoms with E-state index in [4.69, 9.17) is 0 Å². The van der Waals surface area contributed by atoms with E-state index in [2.05, 4.69) is 9.73 Å². The summed E-state index contributed by atoms with van der Waals surface area (Å²) in [5.41, 5.74) is 0.604. The quantitative estimate of drug-likeness (QED) is 0.805. The van der Waals surface area contributed by atoms with Crippen LogP contribution in [-0.4, -0.2) is 34.9 Å². The molecule has 5 nitrogen and oxygen atoms in total. The summed E-state index contributed by atoms with van der Waals surface area (Å²) in [7, 11) is 0. The minimum absolute atomic E-state index is 0.287. The van der Waals surface area contributed by atoms with Gasteiger partial charge in [-0.05, 0) is 44.0 Å². The molecule has 1 saturated heterocycles. The molecule has 3 rings (SSSR count). The van der Waals surface area contributed by atoms with Gasteiger partial charge in [0.25, 0.3) is 0 Å². The van der Waals surface area contributed by atoms with Gasteiger partial charge >= 0.3 is 12.4 Å². The molecule has 9 heteroatoms. The number of amides is 2. The van der Waals surface area contributed by atoms with E-state index in [1.807, 2.05) is 6.92 Å². The van der Waals surface area contributed by atoms with Crippen LogP contribution in [0.2, 0.25) is 0 Å². The van der Waals surface area contributed by atoms with Crippen molar-refractivity contribution < 1.29 is 22.7 Å². The Labute approximate surface area is 146 Å². The van der Waals surface area contributed by atoms with Gasteiger partial charge in [-0.15, -0.1) is 24.5 Å². The third-order valence-electron chi connectivity index (χ3n) is 3.69. The molecule has 0 aliphatic carbocycles. The Morgan fingerprint density at radius 1 is 1.20 bits per heavy atom. The first-order chi connectivity index (χ1) is 11.8. The lowest BCUT2D eigenvalue weighted by atomic mass is 10.3. The standard InChI is InChI=1S/C16H16F3N3O2S/c1-11-10-22(12-4-6-13(7-5-12)24-16(17,18)19)15(25-11)20-14(23)21-8-2-3-9-21/h4-7,10H,2-3,8-9H2,1H3. The van der Waals surface area contributed by atoms with Crippen LogP contribution in [0.5, 0.6) is 5.75 Å². The minimum Gasteiger partial charge on any atom is -0.406 e. The highest BCUT2D eigenvalue weighted by Crippen LogP contribution is 2.23. The molecule has 0 spiro atoms. The number of urea groups is 1. The number of aromatic nitrogens is 1. The SMILES string of the molecule is Cc1cn(-c2ccc(OC(F)(F)F)cc2)c(=NC(=O)N2CCCC2)s1. The Balaban J connectivity index is 1.89. The number of carbonyl (C=O) groups excluding carboxylic acids is 1. The van der Waals surface area contributed by atoms with E-state index in [0.717, 1.165) is 17.7 Å². The van der Waals surface area contributed by atoms with Gasteiger partial charge in [-0.1, -0.05) is 0 Å². The van der Waals surface area contributed by atoms with Crippen molar-refractivity contribution in [1.29, 1.82) is 0 Å². The number of ether oxygens (including phenoxy) is 1. The van der Waals surface area contributed by atoms with Crippen LogP contribution in [0.25, 0.3) is 5.69 Å². The van der Waals surface area contributed by atoms with Crippen LogP contribution in [0.15, 0.2) is 35.5 Å². The Morgan fingerprint density at radius 2 is 1.84 bits per heavy atom. The van der Waals surface area contributed by atoms with Crippen molar-refractivity contribution >= 4 is 17.4 Å². The molecular weight excluding hydrogens is 355 g/mol. The largest absolute Gasteiger partial charge is 0.573 e. The lowest BCUT2D eigenvalue weighted by molar-refractivity contribution is -0.274. The zero-order valence-corrected chi connectivity index (χ0v) is 14.2. The molecule has 134 valence electrons. The fraction of sp³-hybridized carbons (Fsp3) is 0.375. The molecule has 0 radical (unpaired) electrons. The van der Waals surface area contributed by atoms with Crippen molar-refractivity contribution in [2.45, 2.75) is 26.1 Å².